The molecule has 2 aliphatic rings. The molecule has 5 nitrogen and oxygen atoms in total. The van der Waals surface area contributed by atoms with E-state index in [1.165, 1.54) is 9.21 Å². The molecule has 2 saturated heterocycles. The van der Waals surface area contributed by atoms with Gasteiger partial charge in [0.25, 0.3) is 0 Å². The zero-order chi connectivity index (χ0) is 16.6. The molecule has 1 aromatic rings. The summed E-state index contributed by atoms with van der Waals surface area (Å²) in [6.45, 7) is 2.78. The fraction of sp³-hybridized carbons (Fsp3) is 0.562. The Kier molecular flexibility index (Phi) is 4.42. The van der Waals surface area contributed by atoms with Gasteiger partial charge in [0.05, 0.1) is 23.9 Å². The summed E-state index contributed by atoms with van der Waals surface area (Å²) in [4.78, 5) is 14.1. The van der Waals surface area contributed by atoms with Gasteiger partial charge in [-0.15, -0.1) is 0 Å². The molecular weight excluding hydrogens is 319 g/mol. The summed E-state index contributed by atoms with van der Waals surface area (Å²) in [5.41, 5.74) is 0.995. The average Bonchev–Trinajstić information content (AvgIpc) is 2.52. The molecule has 23 heavy (non-hydrogen) atoms. The third kappa shape index (κ3) is 3.26. The molecule has 3 rings (SSSR count). The summed E-state index contributed by atoms with van der Waals surface area (Å²) < 4.78 is 39.7. The predicted octanol–water partition coefficient (Wildman–Crippen LogP) is 1.58. The summed E-state index contributed by atoms with van der Waals surface area (Å²) in [5, 5.41) is 0. The van der Waals surface area contributed by atoms with Crippen molar-refractivity contribution in [1.82, 2.24) is 9.21 Å². The first-order valence-electron chi connectivity index (χ1n) is 7.87. The van der Waals surface area contributed by atoms with E-state index in [9.17, 15) is 17.6 Å². The van der Waals surface area contributed by atoms with Crippen LogP contribution in [0.5, 0.6) is 0 Å². The van der Waals surface area contributed by atoms with Crippen LogP contribution in [0.4, 0.5) is 4.39 Å². The quantitative estimate of drug-likeness (QED) is 0.839. The van der Waals surface area contributed by atoms with E-state index in [1.54, 1.807) is 24.3 Å². The number of hydrogen-bond donors (Lipinski definition) is 0. The normalized spacial score (nSPS) is 23.6. The highest BCUT2D eigenvalue weighted by molar-refractivity contribution is 7.89. The molecule has 0 saturated carbocycles. The van der Waals surface area contributed by atoms with E-state index in [2.05, 4.69) is 0 Å². The molecule has 1 atom stereocenters. The number of alkyl halides is 1. The Morgan fingerprint density at radius 1 is 1.17 bits per heavy atom. The zero-order valence-corrected chi connectivity index (χ0v) is 13.9. The minimum absolute atomic E-state index is 0.122. The third-order valence-electron chi connectivity index (χ3n) is 4.54. The monoisotopic (exact) mass is 340 g/mol. The molecule has 0 N–H and O–H groups in total. The summed E-state index contributed by atoms with van der Waals surface area (Å²) >= 11 is 0. The van der Waals surface area contributed by atoms with Crippen molar-refractivity contribution in [3.8, 4) is 0 Å². The fourth-order valence-electron chi connectivity index (χ4n) is 3.08. The topological polar surface area (TPSA) is 57.7 Å². The number of hydrogen-bond acceptors (Lipinski definition) is 3. The summed E-state index contributed by atoms with van der Waals surface area (Å²) in [6, 6.07) is 6.72. The number of nitrogens with zero attached hydrogens (tertiary/aromatic N) is 2. The van der Waals surface area contributed by atoms with Crippen LogP contribution in [0.1, 0.15) is 18.4 Å². The van der Waals surface area contributed by atoms with Crippen molar-refractivity contribution in [2.24, 2.45) is 5.92 Å². The summed E-state index contributed by atoms with van der Waals surface area (Å²) in [6.07, 6.45) is 0.371. The van der Waals surface area contributed by atoms with Crippen LogP contribution in [-0.4, -0.2) is 55.9 Å². The van der Waals surface area contributed by atoms with Gasteiger partial charge in [-0.2, -0.15) is 4.31 Å². The van der Waals surface area contributed by atoms with E-state index < -0.39 is 16.2 Å². The van der Waals surface area contributed by atoms with Gasteiger partial charge in [-0.05, 0) is 31.9 Å². The molecule has 2 heterocycles. The van der Waals surface area contributed by atoms with Gasteiger partial charge < -0.3 is 4.90 Å². The molecule has 1 amide bonds. The van der Waals surface area contributed by atoms with Crippen LogP contribution in [0, 0.1) is 12.8 Å². The van der Waals surface area contributed by atoms with Crippen molar-refractivity contribution in [2.75, 3.05) is 26.2 Å². The van der Waals surface area contributed by atoms with Gasteiger partial charge in [0.15, 0.2) is 0 Å². The maximum absolute atomic E-state index is 12.9. The van der Waals surface area contributed by atoms with Gasteiger partial charge >= 0.3 is 0 Å². The van der Waals surface area contributed by atoms with Gasteiger partial charge in [0.2, 0.25) is 15.9 Å². The number of likely N-dealkylation sites (tertiary alicyclic amines) is 1. The summed E-state index contributed by atoms with van der Waals surface area (Å²) in [7, 11) is -3.58. The first-order chi connectivity index (χ1) is 10.9. The Morgan fingerprint density at radius 3 is 2.43 bits per heavy atom. The molecule has 0 aliphatic carbocycles. The molecule has 126 valence electrons. The second-order valence-electron chi connectivity index (χ2n) is 6.36. The lowest BCUT2D eigenvalue weighted by Crippen LogP contribution is -2.55. The van der Waals surface area contributed by atoms with Crippen LogP contribution in [0.25, 0.3) is 0 Å². The number of sulfonamides is 1. The Bertz CT molecular complexity index is 684. The van der Waals surface area contributed by atoms with E-state index in [1.807, 2.05) is 6.92 Å². The van der Waals surface area contributed by atoms with Gasteiger partial charge in [-0.1, -0.05) is 17.7 Å². The lowest BCUT2D eigenvalue weighted by molar-refractivity contribution is -0.143. The number of carbonyl (C=O) groups excluding carboxylic acids is 1. The van der Waals surface area contributed by atoms with Crippen molar-refractivity contribution >= 4 is 15.9 Å². The lowest BCUT2D eigenvalue weighted by atomic mass is 9.96. The minimum atomic E-state index is -3.58. The number of aryl methyl sites for hydroxylation is 1. The second-order valence-corrected chi connectivity index (χ2v) is 8.29. The number of benzene rings is 1. The van der Waals surface area contributed by atoms with E-state index in [0.29, 0.717) is 19.4 Å². The van der Waals surface area contributed by atoms with Crippen LogP contribution < -0.4 is 0 Å². The van der Waals surface area contributed by atoms with Crippen LogP contribution >= 0.6 is 0 Å². The molecule has 0 spiro atoms. The zero-order valence-electron chi connectivity index (χ0n) is 13.1. The van der Waals surface area contributed by atoms with Crippen LogP contribution in [0.15, 0.2) is 29.2 Å². The molecule has 0 bridgehead atoms. The molecule has 0 radical (unpaired) electrons. The Morgan fingerprint density at radius 2 is 1.83 bits per heavy atom. The van der Waals surface area contributed by atoms with Crippen LogP contribution in [-0.2, 0) is 14.8 Å². The molecule has 2 fully saturated rings. The Balaban J connectivity index is 1.72. The predicted molar refractivity (Wildman–Crippen MR) is 84.1 cm³/mol. The SMILES string of the molecule is Cc1ccc(S(=O)(=O)N2CCCC(C(=O)N3CC(F)C3)C2)cc1. The average molecular weight is 340 g/mol. The minimum Gasteiger partial charge on any atom is -0.336 e. The van der Waals surface area contributed by atoms with E-state index in [0.717, 1.165) is 5.56 Å². The summed E-state index contributed by atoms with van der Waals surface area (Å²) in [5.74, 6) is -0.487. The standard InChI is InChI=1S/C16H21FN2O3S/c1-12-4-6-15(7-5-12)23(21,22)19-8-2-3-13(9-19)16(20)18-10-14(17)11-18/h4-7,13-14H,2-3,8-11H2,1H3. The Labute approximate surface area is 136 Å². The number of rotatable bonds is 3. The smallest absolute Gasteiger partial charge is 0.243 e. The molecule has 7 heteroatoms. The second kappa shape index (κ2) is 6.20. The fourth-order valence-corrected chi connectivity index (χ4v) is 4.61. The van der Waals surface area contributed by atoms with Gasteiger partial charge in [0, 0.05) is 13.1 Å². The van der Waals surface area contributed by atoms with Crippen LogP contribution in [0.2, 0.25) is 0 Å². The first kappa shape index (κ1) is 16.4. The van der Waals surface area contributed by atoms with E-state index in [-0.39, 0.29) is 36.4 Å². The molecular formula is C16H21FN2O3S. The highest BCUT2D eigenvalue weighted by Gasteiger charge is 2.38. The lowest BCUT2D eigenvalue weighted by Gasteiger charge is -2.39. The Hall–Kier alpha value is -1.47. The maximum atomic E-state index is 12.9. The maximum Gasteiger partial charge on any atom is 0.243 e. The third-order valence-corrected chi connectivity index (χ3v) is 6.42. The first-order valence-corrected chi connectivity index (χ1v) is 9.31. The van der Waals surface area contributed by atoms with Crippen molar-refractivity contribution in [2.45, 2.75) is 30.8 Å². The highest BCUT2D eigenvalue weighted by atomic mass is 32.2. The van der Waals surface area contributed by atoms with Crippen molar-refractivity contribution in [3.05, 3.63) is 29.8 Å². The number of amides is 1. The molecule has 1 aromatic carbocycles. The molecule has 2 aliphatic heterocycles. The van der Waals surface area contributed by atoms with E-state index >= 15 is 0 Å². The van der Waals surface area contributed by atoms with Crippen LogP contribution in [0.3, 0.4) is 0 Å². The van der Waals surface area contributed by atoms with E-state index in [4.69, 9.17) is 0 Å². The van der Waals surface area contributed by atoms with Crippen molar-refractivity contribution < 1.29 is 17.6 Å². The van der Waals surface area contributed by atoms with Gasteiger partial charge in [-0.3, -0.25) is 4.79 Å². The van der Waals surface area contributed by atoms with Gasteiger partial charge in [0.1, 0.15) is 6.17 Å². The number of halogens is 1. The molecule has 0 aromatic heterocycles. The molecule has 1 unspecified atom stereocenters. The number of carbonyl (C=O) groups is 1. The van der Waals surface area contributed by atoms with Crippen molar-refractivity contribution in [3.63, 3.8) is 0 Å². The van der Waals surface area contributed by atoms with Crippen molar-refractivity contribution in [1.29, 1.82) is 0 Å². The largest absolute Gasteiger partial charge is 0.336 e. The highest BCUT2D eigenvalue weighted by Crippen LogP contribution is 2.26. The number of piperidine rings is 1. The van der Waals surface area contributed by atoms with Gasteiger partial charge in [-0.25, -0.2) is 12.8 Å².